The molecule has 0 fully saturated rings. The Morgan fingerprint density at radius 3 is 2.29 bits per heavy atom. The molecule has 0 aromatic heterocycles. The minimum absolute atomic E-state index is 0.359. The largest absolute Gasteiger partial charge is 0.399 e. The second-order valence-electron chi connectivity index (χ2n) is 4.39. The highest BCUT2D eigenvalue weighted by Gasteiger charge is 2.07. The van der Waals surface area contributed by atoms with Gasteiger partial charge in [0, 0.05) is 16.8 Å². The van der Waals surface area contributed by atoms with E-state index < -0.39 is 17.5 Å². The van der Waals surface area contributed by atoms with Gasteiger partial charge >= 0.3 is 0 Å². The van der Waals surface area contributed by atoms with Crippen molar-refractivity contribution in [1.82, 2.24) is 5.43 Å². The third-order valence-corrected chi connectivity index (χ3v) is 2.84. The van der Waals surface area contributed by atoms with Crippen molar-refractivity contribution in [1.29, 1.82) is 0 Å². The van der Waals surface area contributed by atoms with Crippen LogP contribution in [0.5, 0.6) is 0 Å². The van der Waals surface area contributed by atoms with E-state index in [1.807, 2.05) is 0 Å². The number of nitrogens with two attached hydrogens (primary N) is 1. The van der Waals surface area contributed by atoms with E-state index in [4.69, 9.17) is 5.73 Å². The van der Waals surface area contributed by atoms with E-state index in [0.29, 0.717) is 22.5 Å². The van der Waals surface area contributed by atoms with Gasteiger partial charge in [0.15, 0.2) is 11.6 Å². The lowest BCUT2D eigenvalue weighted by Crippen LogP contribution is -2.19. The van der Waals surface area contributed by atoms with Crippen LogP contribution in [0.3, 0.4) is 0 Å². The van der Waals surface area contributed by atoms with Gasteiger partial charge in [-0.1, -0.05) is 0 Å². The van der Waals surface area contributed by atoms with E-state index in [9.17, 15) is 13.6 Å². The summed E-state index contributed by atoms with van der Waals surface area (Å²) >= 11 is 0. The van der Waals surface area contributed by atoms with E-state index in [1.165, 1.54) is 6.07 Å². The van der Waals surface area contributed by atoms with Crippen LogP contribution in [-0.4, -0.2) is 11.6 Å². The van der Waals surface area contributed by atoms with Crippen molar-refractivity contribution < 1.29 is 13.6 Å². The zero-order chi connectivity index (χ0) is 15.4. The van der Waals surface area contributed by atoms with Crippen LogP contribution >= 0.6 is 0 Å². The summed E-state index contributed by atoms with van der Waals surface area (Å²) < 4.78 is 25.9. The highest BCUT2D eigenvalue weighted by atomic mass is 19.2. The highest BCUT2D eigenvalue weighted by molar-refractivity contribution is 6.00. The number of halogens is 2. The van der Waals surface area contributed by atoms with Crippen molar-refractivity contribution >= 4 is 17.3 Å². The quantitative estimate of drug-likeness (QED) is 0.518. The lowest BCUT2D eigenvalue weighted by molar-refractivity contribution is 0.0955. The Balaban J connectivity index is 2.10. The fourth-order valence-corrected chi connectivity index (χ4v) is 1.62. The third-order valence-electron chi connectivity index (χ3n) is 2.84. The molecule has 0 aliphatic carbocycles. The Morgan fingerprint density at radius 1 is 1.05 bits per heavy atom. The fraction of sp³-hybridized carbons (Fsp3) is 0.0667. The third kappa shape index (κ3) is 3.62. The Morgan fingerprint density at radius 2 is 1.67 bits per heavy atom. The van der Waals surface area contributed by atoms with Crippen molar-refractivity contribution in [3.8, 4) is 0 Å². The predicted octanol–water partition coefficient (Wildman–Crippen LogP) is 2.70. The van der Waals surface area contributed by atoms with Crippen LogP contribution in [0.15, 0.2) is 47.6 Å². The summed E-state index contributed by atoms with van der Waals surface area (Å²) in [6.07, 6.45) is 0. The number of hydrazone groups is 1. The number of benzene rings is 2. The average molecular weight is 289 g/mol. The summed E-state index contributed by atoms with van der Waals surface area (Å²) in [5.74, 6) is -2.32. The number of carbonyl (C=O) groups excluding carboxylic acids is 1. The summed E-state index contributed by atoms with van der Waals surface area (Å²) in [5, 5.41) is 3.86. The monoisotopic (exact) mass is 289 g/mol. The molecule has 1 amide bonds. The molecule has 0 bridgehead atoms. The van der Waals surface area contributed by atoms with Gasteiger partial charge in [0.1, 0.15) is 0 Å². The molecule has 4 nitrogen and oxygen atoms in total. The predicted molar refractivity (Wildman–Crippen MR) is 76.9 cm³/mol. The second-order valence-corrected chi connectivity index (χ2v) is 4.39. The van der Waals surface area contributed by atoms with Gasteiger partial charge in [-0.05, 0) is 49.4 Å². The number of nitrogens with one attached hydrogen (secondary N) is 1. The lowest BCUT2D eigenvalue weighted by atomic mass is 10.1. The molecule has 2 rings (SSSR count). The molecule has 0 heterocycles. The maximum atomic E-state index is 13.1. The maximum Gasteiger partial charge on any atom is 0.271 e. The van der Waals surface area contributed by atoms with E-state index in [-0.39, 0.29) is 0 Å². The summed E-state index contributed by atoms with van der Waals surface area (Å²) in [6, 6.07) is 9.73. The second kappa shape index (κ2) is 6.13. The van der Waals surface area contributed by atoms with Crippen LogP contribution in [0.4, 0.5) is 14.5 Å². The van der Waals surface area contributed by atoms with Crippen LogP contribution in [0.2, 0.25) is 0 Å². The minimum Gasteiger partial charge on any atom is -0.399 e. The van der Waals surface area contributed by atoms with E-state index in [2.05, 4.69) is 10.5 Å². The Kier molecular flexibility index (Phi) is 4.27. The van der Waals surface area contributed by atoms with Gasteiger partial charge in [-0.25, -0.2) is 14.2 Å². The van der Waals surface area contributed by atoms with Crippen molar-refractivity contribution in [2.24, 2.45) is 5.10 Å². The first-order valence-electron chi connectivity index (χ1n) is 6.13. The van der Waals surface area contributed by atoms with Crippen LogP contribution in [0, 0.1) is 11.6 Å². The van der Waals surface area contributed by atoms with Crippen LogP contribution in [0.25, 0.3) is 0 Å². The zero-order valence-corrected chi connectivity index (χ0v) is 11.2. The first-order valence-corrected chi connectivity index (χ1v) is 6.13. The molecule has 6 heteroatoms. The molecule has 0 unspecified atom stereocenters. The zero-order valence-electron chi connectivity index (χ0n) is 11.2. The SMILES string of the molecule is C/C(=N\NC(=O)c1ccc(N)cc1)c1ccc(F)c(F)c1. The number of hydrogen-bond donors (Lipinski definition) is 2. The topological polar surface area (TPSA) is 67.5 Å². The van der Waals surface area contributed by atoms with Gasteiger partial charge in [-0.15, -0.1) is 0 Å². The molecule has 2 aromatic rings. The molecule has 0 aliphatic rings. The number of nitrogens with zero attached hydrogens (tertiary/aromatic N) is 1. The number of hydrogen-bond acceptors (Lipinski definition) is 3. The van der Waals surface area contributed by atoms with Crippen LogP contribution in [0.1, 0.15) is 22.8 Å². The molecule has 108 valence electrons. The first-order chi connectivity index (χ1) is 9.97. The molecule has 0 radical (unpaired) electrons. The normalized spacial score (nSPS) is 11.3. The first kappa shape index (κ1) is 14.6. The van der Waals surface area contributed by atoms with E-state index in [0.717, 1.165) is 12.1 Å². The average Bonchev–Trinajstić information content (AvgIpc) is 2.48. The molecule has 0 saturated carbocycles. The summed E-state index contributed by atoms with van der Waals surface area (Å²) in [4.78, 5) is 11.8. The van der Waals surface area contributed by atoms with E-state index >= 15 is 0 Å². The summed E-state index contributed by atoms with van der Waals surface area (Å²) in [7, 11) is 0. The summed E-state index contributed by atoms with van der Waals surface area (Å²) in [6.45, 7) is 1.58. The number of rotatable bonds is 3. The molecule has 21 heavy (non-hydrogen) atoms. The Bertz CT molecular complexity index is 697. The van der Waals surface area contributed by atoms with Crippen LogP contribution in [-0.2, 0) is 0 Å². The van der Waals surface area contributed by atoms with Crippen molar-refractivity contribution in [2.75, 3.05) is 5.73 Å². The molecule has 0 saturated heterocycles. The van der Waals surface area contributed by atoms with Gasteiger partial charge in [-0.3, -0.25) is 4.79 Å². The number of carbonyl (C=O) groups is 1. The molecule has 2 aromatic carbocycles. The Labute approximate surface area is 120 Å². The molecule has 0 spiro atoms. The molecular formula is C15H13F2N3O. The number of anilines is 1. The fourth-order valence-electron chi connectivity index (χ4n) is 1.62. The van der Waals surface area contributed by atoms with Gasteiger partial charge in [-0.2, -0.15) is 5.10 Å². The lowest BCUT2D eigenvalue weighted by Gasteiger charge is -2.04. The standard InChI is InChI=1S/C15H13F2N3O/c1-9(11-4-7-13(16)14(17)8-11)19-20-15(21)10-2-5-12(18)6-3-10/h2-8H,18H2,1H3,(H,20,21)/b19-9+. The van der Waals surface area contributed by atoms with Crippen molar-refractivity contribution in [3.05, 3.63) is 65.2 Å². The molecule has 0 aliphatic heterocycles. The molecule has 3 N–H and O–H groups in total. The van der Waals surface area contributed by atoms with Crippen molar-refractivity contribution in [2.45, 2.75) is 6.92 Å². The highest BCUT2D eigenvalue weighted by Crippen LogP contribution is 2.10. The molecular weight excluding hydrogens is 276 g/mol. The number of amides is 1. The van der Waals surface area contributed by atoms with Gasteiger partial charge < -0.3 is 5.73 Å². The smallest absolute Gasteiger partial charge is 0.271 e. The minimum atomic E-state index is -0.966. The van der Waals surface area contributed by atoms with Gasteiger partial charge in [0.25, 0.3) is 5.91 Å². The van der Waals surface area contributed by atoms with E-state index in [1.54, 1.807) is 31.2 Å². The maximum absolute atomic E-state index is 13.1. The number of nitrogen functional groups attached to an aromatic ring is 1. The molecule has 0 atom stereocenters. The van der Waals surface area contributed by atoms with Gasteiger partial charge in [0.05, 0.1) is 5.71 Å². The van der Waals surface area contributed by atoms with Crippen molar-refractivity contribution in [3.63, 3.8) is 0 Å². The Hall–Kier alpha value is -2.76. The van der Waals surface area contributed by atoms with Crippen LogP contribution < -0.4 is 11.2 Å². The summed E-state index contributed by atoms with van der Waals surface area (Å²) in [5.41, 5.74) is 9.55. The van der Waals surface area contributed by atoms with Gasteiger partial charge in [0.2, 0.25) is 0 Å².